The molecule has 2 rings (SSSR count). The minimum Gasteiger partial charge on any atom is -0.372 e. The lowest BCUT2D eigenvalue weighted by Crippen LogP contribution is -2.34. The molecule has 2 nitrogen and oxygen atoms in total. The van der Waals surface area contributed by atoms with Crippen molar-refractivity contribution in [3.8, 4) is 0 Å². The lowest BCUT2D eigenvalue weighted by Gasteiger charge is -2.29. The quantitative estimate of drug-likeness (QED) is 0.851. The predicted molar refractivity (Wildman–Crippen MR) is 64.8 cm³/mol. The average molecular weight is 270 g/mol. The van der Waals surface area contributed by atoms with Gasteiger partial charge in [-0.3, -0.25) is 0 Å². The second-order valence-electron chi connectivity index (χ2n) is 4.11. The highest BCUT2D eigenvalue weighted by atomic mass is 79.9. The van der Waals surface area contributed by atoms with Gasteiger partial charge in [0.05, 0.1) is 6.10 Å². The van der Waals surface area contributed by atoms with Crippen molar-refractivity contribution in [3.63, 3.8) is 0 Å². The molecule has 0 aliphatic carbocycles. The fourth-order valence-corrected chi connectivity index (χ4v) is 2.33. The van der Waals surface area contributed by atoms with Crippen molar-refractivity contribution in [2.75, 3.05) is 6.61 Å². The lowest BCUT2D eigenvalue weighted by molar-refractivity contribution is 0.000109. The highest BCUT2D eigenvalue weighted by Crippen LogP contribution is 2.29. The van der Waals surface area contributed by atoms with Crippen molar-refractivity contribution in [3.05, 3.63) is 33.8 Å². The van der Waals surface area contributed by atoms with E-state index in [1.807, 2.05) is 0 Å². The summed E-state index contributed by atoms with van der Waals surface area (Å²) in [5, 5.41) is 0. The molecule has 0 amide bonds. The topological polar surface area (TPSA) is 35.2 Å². The van der Waals surface area contributed by atoms with Crippen LogP contribution in [0.15, 0.2) is 22.7 Å². The zero-order valence-electron chi connectivity index (χ0n) is 8.87. The van der Waals surface area contributed by atoms with Crippen LogP contribution in [0.5, 0.6) is 0 Å². The number of hydrogen-bond donors (Lipinski definition) is 1. The minimum absolute atomic E-state index is 0.0654. The Morgan fingerprint density at radius 2 is 2.27 bits per heavy atom. The third-order valence-corrected chi connectivity index (χ3v) is 3.75. The van der Waals surface area contributed by atoms with Gasteiger partial charge in [-0.15, -0.1) is 0 Å². The molecule has 0 radical (unpaired) electrons. The van der Waals surface area contributed by atoms with Crippen molar-refractivity contribution in [1.29, 1.82) is 0 Å². The molecule has 1 aliphatic rings. The Kier molecular flexibility index (Phi) is 3.44. The number of rotatable bonds is 1. The maximum Gasteiger partial charge on any atom is 0.0976 e. The fraction of sp³-hybridized carbons (Fsp3) is 0.500. The largest absolute Gasteiger partial charge is 0.372 e. The molecule has 2 atom stereocenters. The number of benzene rings is 1. The summed E-state index contributed by atoms with van der Waals surface area (Å²) < 4.78 is 6.85. The van der Waals surface area contributed by atoms with E-state index in [-0.39, 0.29) is 12.1 Å². The van der Waals surface area contributed by atoms with E-state index in [9.17, 15) is 0 Å². The van der Waals surface area contributed by atoms with E-state index in [0.717, 1.165) is 23.9 Å². The first kappa shape index (κ1) is 11.1. The average Bonchev–Trinajstić information content (AvgIpc) is 2.23. The molecule has 3 heteroatoms. The van der Waals surface area contributed by atoms with Crippen LogP contribution in [-0.2, 0) is 4.74 Å². The van der Waals surface area contributed by atoms with Crippen LogP contribution in [-0.4, -0.2) is 12.6 Å². The van der Waals surface area contributed by atoms with E-state index in [0.29, 0.717) is 0 Å². The summed E-state index contributed by atoms with van der Waals surface area (Å²) in [5.74, 6) is 0. The molecular formula is C12H16BrNO. The molecule has 1 aliphatic heterocycles. The first-order chi connectivity index (χ1) is 7.18. The van der Waals surface area contributed by atoms with Crippen molar-refractivity contribution in [2.45, 2.75) is 31.9 Å². The van der Waals surface area contributed by atoms with Crippen LogP contribution < -0.4 is 5.73 Å². The lowest BCUT2D eigenvalue weighted by atomic mass is 9.96. The second kappa shape index (κ2) is 4.64. The van der Waals surface area contributed by atoms with Crippen molar-refractivity contribution in [1.82, 2.24) is 0 Å². The van der Waals surface area contributed by atoms with E-state index < -0.39 is 0 Å². The Morgan fingerprint density at radius 1 is 1.47 bits per heavy atom. The van der Waals surface area contributed by atoms with Gasteiger partial charge in [-0.25, -0.2) is 0 Å². The van der Waals surface area contributed by atoms with Gasteiger partial charge in [0.1, 0.15) is 0 Å². The van der Waals surface area contributed by atoms with Gasteiger partial charge in [-0.2, -0.15) is 0 Å². The van der Waals surface area contributed by atoms with Crippen LogP contribution in [0.1, 0.15) is 30.1 Å². The summed E-state index contributed by atoms with van der Waals surface area (Å²) >= 11 is 3.54. The van der Waals surface area contributed by atoms with Crippen LogP contribution >= 0.6 is 15.9 Å². The van der Waals surface area contributed by atoms with E-state index in [4.69, 9.17) is 10.5 Å². The molecular weight excluding hydrogens is 254 g/mol. The first-order valence-electron chi connectivity index (χ1n) is 5.31. The van der Waals surface area contributed by atoms with Gasteiger partial charge in [0, 0.05) is 17.1 Å². The maximum absolute atomic E-state index is 6.06. The summed E-state index contributed by atoms with van der Waals surface area (Å²) in [6.07, 6.45) is 2.19. The molecule has 0 bridgehead atoms. The molecule has 2 N–H and O–H groups in total. The Labute approximate surface area is 98.9 Å². The third kappa shape index (κ3) is 2.41. The van der Waals surface area contributed by atoms with Crippen LogP contribution in [0.3, 0.4) is 0 Å². The SMILES string of the molecule is Cc1ccc(C2OCCCC2N)cc1Br. The fourth-order valence-electron chi connectivity index (χ4n) is 1.93. The summed E-state index contributed by atoms with van der Waals surface area (Å²) in [5.41, 5.74) is 8.48. The van der Waals surface area contributed by atoms with Crippen LogP contribution in [0, 0.1) is 6.92 Å². The molecule has 82 valence electrons. The Morgan fingerprint density at radius 3 is 2.93 bits per heavy atom. The molecule has 15 heavy (non-hydrogen) atoms. The van der Waals surface area contributed by atoms with Gasteiger partial charge in [0.25, 0.3) is 0 Å². The van der Waals surface area contributed by atoms with Crippen molar-refractivity contribution < 1.29 is 4.74 Å². The monoisotopic (exact) mass is 269 g/mol. The van der Waals surface area contributed by atoms with E-state index >= 15 is 0 Å². The summed E-state index contributed by atoms with van der Waals surface area (Å²) in [4.78, 5) is 0. The molecule has 0 aromatic heterocycles. The second-order valence-corrected chi connectivity index (χ2v) is 4.96. The van der Waals surface area contributed by atoms with Crippen molar-refractivity contribution >= 4 is 15.9 Å². The number of hydrogen-bond acceptors (Lipinski definition) is 2. The minimum atomic E-state index is 0.0654. The Bertz CT molecular complexity index is 353. The number of nitrogens with two attached hydrogens (primary N) is 1. The summed E-state index contributed by atoms with van der Waals surface area (Å²) in [6, 6.07) is 6.46. The number of ether oxygens (including phenoxy) is 1. The molecule has 0 saturated carbocycles. The van der Waals surface area contributed by atoms with Gasteiger partial charge in [-0.1, -0.05) is 28.1 Å². The van der Waals surface area contributed by atoms with Crippen LogP contribution in [0.2, 0.25) is 0 Å². The predicted octanol–water partition coefficient (Wildman–Crippen LogP) is 2.94. The smallest absolute Gasteiger partial charge is 0.0976 e. The van der Waals surface area contributed by atoms with Gasteiger partial charge in [-0.05, 0) is 37.0 Å². The Balaban J connectivity index is 2.24. The normalized spacial score (nSPS) is 26.6. The van der Waals surface area contributed by atoms with Gasteiger partial charge >= 0.3 is 0 Å². The zero-order valence-corrected chi connectivity index (χ0v) is 10.5. The number of aryl methyl sites for hydroxylation is 1. The van der Waals surface area contributed by atoms with E-state index in [2.05, 4.69) is 41.1 Å². The van der Waals surface area contributed by atoms with Crippen LogP contribution in [0.4, 0.5) is 0 Å². The van der Waals surface area contributed by atoms with Gasteiger partial charge < -0.3 is 10.5 Å². The Hall–Kier alpha value is -0.380. The maximum atomic E-state index is 6.06. The number of halogens is 1. The molecule has 1 saturated heterocycles. The zero-order chi connectivity index (χ0) is 10.8. The molecule has 0 spiro atoms. The van der Waals surface area contributed by atoms with E-state index in [1.165, 1.54) is 11.1 Å². The highest BCUT2D eigenvalue weighted by molar-refractivity contribution is 9.10. The molecule has 1 heterocycles. The van der Waals surface area contributed by atoms with Crippen molar-refractivity contribution in [2.24, 2.45) is 5.73 Å². The highest BCUT2D eigenvalue weighted by Gasteiger charge is 2.24. The summed E-state index contributed by atoms with van der Waals surface area (Å²) in [7, 11) is 0. The molecule has 1 aromatic rings. The van der Waals surface area contributed by atoms with E-state index in [1.54, 1.807) is 0 Å². The third-order valence-electron chi connectivity index (χ3n) is 2.89. The van der Waals surface area contributed by atoms with Crippen LogP contribution in [0.25, 0.3) is 0 Å². The molecule has 1 aromatic carbocycles. The molecule has 2 unspecified atom stereocenters. The standard InChI is InChI=1S/C12H16BrNO/c1-8-4-5-9(7-10(8)13)12-11(14)3-2-6-15-12/h4-5,7,11-12H,2-3,6,14H2,1H3. The van der Waals surface area contributed by atoms with Gasteiger partial charge in [0.15, 0.2) is 0 Å². The summed E-state index contributed by atoms with van der Waals surface area (Å²) in [6.45, 7) is 2.90. The first-order valence-corrected chi connectivity index (χ1v) is 6.11. The van der Waals surface area contributed by atoms with Gasteiger partial charge in [0.2, 0.25) is 0 Å². The molecule has 1 fully saturated rings.